The van der Waals surface area contributed by atoms with E-state index < -0.39 is 18.2 Å². The first-order valence-corrected chi connectivity index (χ1v) is 10.7. The number of aromatic carboxylic acids is 1. The van der Waals surface area contributed by atoms with E-state index in [0.29, 0.717) is 19.0 Å². The van der Waals surface area contributed by atoms with Gasteiger partial charge in [-0.3, -0.25) is 4.79 Å². The fraction of sp³-hybridized carbons (Fsp3) is 0.292. The van der Waals surface area contributed by atoms with Crippen LogP contribution in [-0.2, 0) is 6.54 Å². The first-order valence-electron chi connectivity index (χ1n) is 10.7. The summed E-state index contributed by atoms with van der Waals surface area (Å²) in [5.41, 5.74) is 6.14. The molecule has 0 atom stereocenters. The molecule has 0 saturated heterocycles. The predicted molar refractivity (Wildman–Crippen MR) is 125 cm³/mol. The van der Waals surface area contributed by atoms with Crippen LogP contribution < -0.4 is 15.2 Å². The molecule has 0 aliphatic rings. The average Bonchev–Trinajstić information content (AvgIpc) is 3.20. The van der Waals surface area contributed by atoms with Crippen molar-refractivity contribution in [3.05, 3.63) is 77.5 Å². The normalized spacial score (nSPS) is 10.9. The van der Waals surface area contributed by atoms with Gasteiger partial charge in [-0.1, -0.05) is 30.3 Å². The number of hydrogen-bond donors (Lipinski definition) is 2. The molecule has 0 fully saturated rings. The number of carbonyl (C=O) groups is 2. The Kier molecular flexibility index (Phi) is 10.3. The van der Waals surface area contributed by atoms with Crippen molar-refractivity contribution >= 4 is 11.9 Å². The Balaban J connectivity index is 0.000000281. The van der Waals surface area contributed by atoms with Gasteiger partial charge < -0.3 is 25.2 Å². The lowest BCUT2D eigenvalue weighted by molar-refractivity contribution is -0.274. The topological polar surface area (TPSA) is 120 Å². The van der Waals surface area contributed by atoms with Crippen LogP contribution in [0.4, 0.5) is 13.2 Å². The number of rotatable bonds is 10. The molecule has 9 nitrogen and oxygen atoms in total. The third-order valence-corrected chi connectivity index (χ3v) is 4.52. The number of carboxylic acid groups (broad SMARTS) is 1. The van der Waals surface area contributed by atoms with Crippen molar-refractivity contribution in [2.24, 2.45) is 5.73 Å². The van der Waals surface area contributed by atoms with Crippen LogP contribution in [0, 0.1) is 0 Å². The van der Waals surface area contributed by atoms with E-state index in [1.165, 1.54) is 10.7 Å². The number of halogens is 3. The Bertz CT molecular complexity index is 1120. The molecule has 0 unspecified atom stereocenters. The van der Waals surface area contributed by atoms with E-state index in [-0.39, 0.29) is 17.0 Å². The molecule has 0 bridgehead atoms. The number of hydrogen-bond acceptors (Lipinski definition) is 6. The zero-order chi connectivity index (χ0) is 26.7. The minimum atomic E-state index is -4.73. The Labute approximate surface area is 205 Å². The highest BCUT2D eigenvalue weighted by molar-refractivity contribution is 5.92. The van der Waals surface area contributed by atoms with E-state index in [4.69, 9.17) is 10.5 Å². The van der Waals surface area contributed by atoms with Crippen LogP contribution in [0.15, 0.2) is 60.7 Å². The summed E-state index contributed by atoms with van der Waals surface area (Å²) in [6, 6.07) is 15.4. The van der Waals surface area contributed by atoms with Crippen LogP contribution in [0.2, 0.25) is 0 Å². The van der Waals surface area contributed by atoms with Crippen LogP contribution in [0.3, 0.4) is 0 Å². The molecule has 194 valence electrons. The number of ether oxygens (including phenoxy) is 2. The minimum absolute atomic E-state index is 0.125. The Morgan fingerprint density at radius 3 is 2.25 bits per heavy atom. The van der Waals surface area contributed by atoms with Gasteiger partial charge in [0.05, 0.1) is 13.2 Å². The van der Waals surface area contributed by atoms with Crippen molar-refractivity contribution in [2.75, 3.05) is 27.2 Å². The first kappa shape index (κ1) is 28.2. The molecule has 0 saturated carbocycles. The molecule has 1 amide bonds. The van der Waals surface area contributed by atoms with Crippen molar-refractivity contribution in [2.45, 2.75) is 19.3 Å². The number of benzene rings is 2. The zero-order valence-corrected chi connectivity index (χ0v) is 19.7. The molecule has 3 aromatic rings. The lowest BCUT2D eigenvalue weighted by Crippen LogP contribution is -2.17. The van der Waals surface area contributed by atoms with E-state index in [1.54, 1.807) is 0 Å². The van der Waals surface area contributed by atoms with Crippen molar-refractivity contribution in [1.29, 1.82) is 0 Å². The number of nitrogens with two attached hydrogens (primary N) is 1. The van der Waals surface area contributed by atoms with Crippen molar-refractivity contribution in [3.8, 4) is 11.6 Å². The Hall–Kier alpha value is -4.06. The summed E-state index contributed by atoms with van der Waals surface area (Å²) < 4.78 is 45.6. The van der Waals surface area contributed by atoms with Gasteiger partial charge in [0.15, 0.2) is 5.69 Å². The first-order chi connectivity index (χ1) is 16.9. The molecule has 2 aromatic carbocycles. The van der Waals surface area contributed by atoms with Gasteiger partial charge >= 0.3 is 12.3 Å². The van der Waals surface area contributed by atoms with Crippen LogP contribution >= 0.6 is 0 Å². The third-order valence-electron chi connectivity index (χ3n) is 4.52. The standard InChI is InChI=1S/C16H21N3O3.C8H6F3NO2/c1-18(2)9-6-10-22-15-11-14(16(20)21)19(17-15)12-13-7-4-3-5-8-13;9-8(10,11)14-6-3-1-5(2-4-6)7(12)13/h3-5,7-8,11H,6,9-10,12H2,1-2H3,(H,20,21);1-4H,(H2,12,13). The van der Waals surface area contributed by atoms with Gasteiger partial charge in [0.2, 0.25) is 11.8 Å². The van der Waals surface area contributed by atoms with Gasteiger partial charge in [0, 0.05) is 18.2 Å². The maximum atomic E-state index is 11.7. The van der Waals surface area contributed by atoms with E-state index in [9.17, 15) is 27.9 Å². The highest BCUT2D eigenvalue weighted by Gasteiger charge is 2.31. The second kappa shape index (κ2) is 13.1. The Morgan fingerprint density at radius 1 is 1.08 bits per heavy atom. The molecular formula is C24H27F3N4O5. The molecule has 3 rings (SSSR count). The van der Waals surface area contributed by atoms with Gasteiger partial charge in [-0.05, 0) is 50.3 Å². The van der Waals surface area contributed by atoms with Crippen LogP contribution in [0.1, 0.15) is 32.8 Å². The van der Waals surface area contributed by atoms with E-state index in [1.807, 2.05) is 44.4 Å². The summed E-state index contributed by atoms with van der Waals surface area (Å²) in [5, 5.41) is 13.5. The second-order valence-electron chi connectivity index (χ2n) is 7.76. The van der Waals surface area contributed by atoms with Crippen molar-refractivity contribution < 1.29 is 37.3 Å². The number of amides is 1. The van der Waals surface area contributed by atoms with Gasteiger partial charge in [0.25, 0.3) is 0 Å². The Morgan fingerprint density at radius 2 is 1.72 bits per heavy atom. The summed E-state index contributed by atoms with van der Waals surface area (Å²) in [6.07, 6.45) is -3.87. The third kappa shape index (κ3) is 10.1. The number of aromatic nitrogens is 2. The summed E-state index contributed by atoms with van der Waals surface area (Å²) in [5.74, 6) is -1.75. The molecule has 36 heavy (non-hydrogen) atoms. The SMILES string of the molecule is CN(C)CCCOc1cc(C(=O)O)n(Cc2ccccc2)n1.NC(=O)c1ccc(OC(F)(F)F)cc1. The van der Waals surface area contributed by atoms with E-state index in [0.717, 1.165) is 42.8 Å². The molecule has 12 heteroatoms. The summed E-state index contributed by atoms with van der Waals surface area (Å²) in [4.78, 5) is 23.9. The van der Waals surface area contributed by atoms with Gasteiger partial charge in [0.1, 0.15) is 5.75 Å². The van der Waals surface area contributed by atoms with Crippen molar-refractivity contribution in [1.82, 2.24) is 14.7 Å². The molecule has 0 aliphatic carbocycles. The van der Waals surface area contributed by atoms with Gasteiger partial charge in [-0.15, -0.1) is 18.3 Å². The maximum Gasteiger partial charge on any atom is 0.573 e. The molecule has 0 spiro atoms. The smallest absolute Gasteiger partial charge is 0.477 e. The van der Waals surface area contributed by atoms with Crippen molar-refractivity contribution in [3.63, 3.8) is 0 Å². The predicted octanol–water partition coefficient (Wildman–Crippen LogP) is 3.64. The van der Waals surface area contributed by atoms with Crippen LogP contribution in [-0.4, -0.2) is 65.3 Å². The summed E-state index contributed by atoms with van der Waals surface area (Å²) in [7, 11) is 3.99. The maximum absolute atomic E-state index is 11.7. The van der Waals surface area contributed by atoms with Crippen LogP contribution in [0.25, 0.3) is 0 Å². The number of carbonyl (C=O) groups excluding carboxylic acids is 1. The lowest BCUT2D eigenvalue weighted by Gasteiger charge is -2.08. The second-order valence-corrected chi connectivity index (χ2v) is 7.76. The van der Waals surface area contributed by atoms with E-state index in [2.05, 4.69) is 14.7 Å². The molecule has 1 heterocycles. The average molecular weight is 508 g/mol. The fourth-order valence-electron chi connectivity index (χ4n) is 2.89. The minimum Gasteiger partial charge on any atom is -0.477 e. The highest BCUT2D eigenvalue weighted by Crippen LogP contribution is 2.22. The van der Waals surface area contributed by atoms with E-state index >= 15 is 0 Å². The fourth-order valence-corrected chi connectivity index (χ4v) is 2.89. The number of alkyl halides is 3. The summed E-state index contributed by atoms with van der Waals surface area (Å²) >= 11 is 0. The largest absolute Gasteiger partial charge is 0.573 e. The van der Waals surface area contributed by atoms with Gasteiger partial charge in [-0.2, -0.15) is 0 Å². The number of carboxylic acids is 1. The van der Waals surface area contributed by atoms with Crippen LogP contribution in [0.5, 0.6) is 11.6 Å². The summed E-state index contributed by atoms with van der Waals surface area (Å²) in [6.45, 7) is 1.83. The molecular weight excluding hydrogens is 481 g/mol. The lowest BCUT2D eigenvalue weighted by atomic mass is 10.2. The van der Waals surface area contributed by atoms with Gasteiger partial charge in [-0.25, -0.2) is 9.48 Å². The highest BCUT2D eigenvalue weighted by atomic mass is 19.4. The molecule has 3 N–H and O–H groups in total. The molecule has 0 aliphatic heterocycles. The number of primary amides is 1. The molecule has 1 aromatic heterocycles. The number of nitrogens with zero attached hydrogens (tertiary/aromatic N) is 3. The quantitative estimate of drug-likeness (QED) is 0.401. The zero-order valence-electron chi connectivity index (χ0n) is 19.7. The monoisotopic (exact) mass is 508 g/mol. The molecule has 0 radical (unpaired) electrons.